The van der Waals surface area contributed by atoms with Crippen molar-refractivity contribution in [2.75, 3.05) is 6.61 Å². The number of benzene rings is 2. The molecule has 2 amide bonds. The molecule has 0 saturated heterocycles. The molecule has 5 nitrogen and oxygen atoms in total. The van der Waals surface area contributed by atoms with Crippen LogP contribution in [0.1, 0.15) is 18.1 Å². The molecular formula is C20H19ClN2O3. The van der Waals surface area contributed by atoms with Gasteiger partial charge in [0, 0.05) is 6.54 Å². The van der Waals surface area contributed by atoms with Gasteiger partial charge in [0.25, 0.3) is 11.8 Å². The summed E-state index contributed by atoms with van der Waals surface area (Å²) in [5.41, 5.74) is 1.92. The highest BCUT2D eigenvalue weighted by Gasteiger charge is 2.37. The summed E-state index contributed by atoms with van der Waals surface area (Å²) in [6.07, 6.45) is 0. The number of ether oxygens (including phenoxy) is 1. The third kappa shape index (κ3) is 3.89. The molecular weight excluding hydrogens is 352 g/mol. The number of halogens is 1. The maximum Gasteiger partial charge on any atom is 0.278 e. The van der Waals surface area contributed by atoms with Crippen molar-refractivity contribution in [3.63, 3.8) is 0 Å². The van der Waals surface area contributed by atoms with E-state index in [9.17, 15) is 9.59 Å². The average molecular weight is 371 g/mol. The fourth-order valence-corrected chi connectivity index (χ4v) is 2.96. The maximum absolute atomic E-state index is 12.6. The topological polar surface area (TPSA) is 58.6 Å². The molecule has 6 heteroatoms. The van der Waals surface area contributed by atoms with Crippen LogP contribution in [0.4, 0.5) is 0 Å². The van der Waals surface area contributed by atoms with Crippen LogP contribution in [-0.4, -0.2) is 23.3 Å². The molecule has 1 N–H and O–H groups in total. The molecule has 0 aliphatic carbocycles. The van der Waals surface area contributed by atoms with Gasteiger partial charge >= 0.3 is 0 Å². The van der Waals surface area contributed by atoms with Crippen molar-refractivity contribution < 1.29 is 14.3 Å². The molecule has 0 radical (unpaired) electrons. The first-order chi connectivity index (χ1) is 12.6. The Morgan fingerprint density at radius 2 is 1.73 bits per heavy atom. The number of rotatable bonds is 7. The average Bonchev–Trinajstić information content (AvgIpc) is 2.85. The second kappa shape index (κ2) is 8.06. The fraction of sp³-hybridized carbons (Fsp3) is 0.200. The Bertz CT molecular complexity index is 849. The van der Waals surface area contributed by atoms with Gasteiger partial charge in [0.1, 0.15) is 16.5 Å². The van der Waals surface area contributed by atoms with Crippen molar-refractivity contribution >= 4 is 23.4 Å². The van der Waals surface area contributed by atoms with Crippen LogP contribution >= 0.6 is 11.6 Å². The number of hydrogen-bond acceptors (Lipinski definition) is 4. The van der Waals surface area contributed by atoms with Gasteiger partial charge in [-0.15, -0.1) is 0 Å². The second-order valence-electron chi connectivity index (χ2n) is 5.81. The number of imide groups is 1. The molecule has 2 aromatic rings. The minimum atomic E-state index is -0.480. The Morgan fingerprint density at radius 1 is 1.00 bits per heavy atom. The van der Waals surface area contributed by atoms with Crippen LogP contribution < -0.4 is 10.1 Å². The molecule has 1 aliphatic heterocycles. The molecule has 1 aliphatic rings. The van der Waals surface area contributed by atoms with Crippen LogP contribution in [0, 0.1) is 0 Å². The highest BCUT2D eigenvalue weighted by molar-refractivity contribution is 6.47. The maximum atomic E-state index is 12.6. The normalized spacial score (nSPS) is 14.2. The summed E-state index contributed by atoms with van der Waals surface area (Å²) in [4.78, 5) is 26.1. The van der Waals surface area contributed by atoms with E-state index in [1.54, 1.807) is 0 Å². The third-order valence-corrected chi connectivity index (χ3v) is 4.32. The zero-order valence-corrected chi connectivity index (χ0v) is 15.1. The molecule has 0 aromatic heterocycles. The molecule has 0 bridgehead atoms. The SMILES string of the molecule is CCOc1cccc(CNC2=C(Cl)C(=O)N(Cc3ccccc3)C2=O)c1. The van der Waals surface area contributed by atoms with E-state index in [0.717, 1.165) is 21.8 Å². The summed E-state index contributed by atoms with van der Waals surface area (Å²) in [7, 11) is 0. The van der Waals surface area contributed by atoms with Crippen LogP contribution in [0.15, 0.2) is 65.3 Å². The summed E-state index contributed by atoms with van der Waals surface area (Å²) in [5.74, 6) is -0.137. The van der Waals surface area contributed by atoms with Crippen molar-refractivity contribution in [1.82, 2.24) is 10.2 Å². The lowest BCUT2D eigenvalue weighted by Crippen LogP contribution is -2.33. The highest BCUT2D eigenvalue weighted by atomic mass is 35.5. The summed E-state index contributed by atoms with van der Waals surface area (Å²) in [6, 6.07) is 16.9. The Balaban J connectivity index is 1.69. The van der Waals surface area contributed by atoms with Gasteiger partial charge < -0.3 is 10.1 Å². The van der Waals surface area contributed by atoms with Gasteiger partial charge in [-0.1, -0.05) is 54.1 Å². The minimum absolute atomic E-state index is 0.0770. The quantitative estimate of drug-likeness (QED) is 0.760. The van der Waals surface area contributed by atoms with E-state index in [1.165, 1.54) is 0 Å². The van der Waals surface area contributed by atoms with Crippen molar-refractivity contribution in [2.45, 2.75) is 20.0 Å². The van der Waals surface area contributed by atoms with Gasteiger partial charge in [-0.25, -0.2) is 0 Å². The Labute approximate surface area is 157 Å². The van der Waals surface area contributed by atoms with Gasteiger partial charge in [0.05, 0.1) is 13.2 Å². The smallest absolute Gasteiger partial charge is 0.278 e. The summed E-state index contributed by atoms with van der Waals surface area (Å²) >= 11 is 6.11. The minimum Gasteiger partial charge on any atom is -0.494 e. The molecule has 3 rings (SSSR count). The van der Waals surface area contributed by atoms with Crippen LogP contribution in [0.2, 0.25) is 0 Å². The molecule has 0 saturated carbocycles. The predicted molar refractivity (Wildman–Crippen MR) is 99.3 cm³/mol. The van der Waals surface area contributed by atoms with Gasteiger partial charge in [-0.2, -0.15) is 0 Å². The van der Waals surface area contributed by atoms with Gasteiger partial charge in [0.15, 0.2) is 0 Å². The van der Waals surface area contributed by atoms with E-state index in [2.05, 4.69) is 5.32 Å². The van der Waals surface area contributed by atoms with E-state index >= 15 is 0 Å². The van der Waals surface area contributed by atoms with Gasteiger partial charge in [-0.05, 0) is 30.2 Å². The number of amides is 2. The summed E-state index contributed by atoms with van der Waals surface area (Å²) in [5, 5.41) is 2.92. The Morgan fingerprint density at radius 3 is 2.46 bits per heavy atom. The van der Waals surface area contributed by atoms with E-state index in [4.69, 9.17) is 16.3 Å². The lowest BCUT2D eigenvalue weighted by Gasteiger charge is -2.15. The molecule has 26 heavy (non-hydrogen) atoms. The Hall–Kier alpha value is -2.79. The predicted octanol–water partition coefficient (Wildman–Crippen LogP) is 3.19. The van der Waals surface area contributed by atoms with Gasteiger partial charge in [-0.3, -0.25) is 14.5 Å². The van der Waals surface area contributed by atoms with Crippen molar-refractivity contribution in [3.8, 4) is 5.75 Å². The van der Waals surface area contributed by atoms with E-state index < -0.39 is 11.8 Å². The lowest BCUT2D eigenvalue weighted by molar-refractivity contribution is -0.138. The fourth-order valence-electron chi connectivity index (χ4n) is 2.71. The van der Waals surface area contributed by atoms with Crippen LogP contribution in [0.5, 0.6) is 5.75 Å². The number of carbonyl (C=O) groups excluding carboxylic acids is 2. The zero-order chi connectivity index (χ0) is 18.5. The van der Waals surface area contributed by atoms with Crippen LogP contribution in [0.3, 0.4) is 0 Å². The molecule has 0 atom stereocenters. The monoisotopic (exact) mass is 370 g/mol. The van der Waals surface area contributed by atoms with Crippen molar-refractivity contribution in [2.24, 2.45) is 0 Å². The van der Waals surface area contributed by atoms with Crippen LogP contribution in [-0.2, 0) is 22.7 Å². The Kier molecular flexibility index (Phi) is 5.58. The second-order valence-corrected chi connectivity index (χ2v) is 6.18. The van der Waals surface area contributed by atoms with Crippen LogP contribution in [0.25, 0.3) is 0 Å². The lowest BCUT2D eigenvalue weighted by atomic mass is 10.2. The molecule has 134 valence electrons. The largest absolute Gasteiger partial charge is 0.494 e. The molecule has 0 spiro atoms. The first-order valence-corrected chi connectivity index (χ1v) is 8.73. The number of hydrogen-bond donors (Lipinski definition) is 1. The first-order valence-electron chi connectivity index (χ1n) is 8.35. The molecule has 0 unspecified atom stereocenters. The third-order valence-electron chi connectivity index (χ3n) is 3.97. The van der Waals surface area contributed by atoms with E-state index in [0.29, 0.717) is 13.2 Å². The van der Waals surface area contributed by atoms with E-state index in [1.807, 2.05) is 61.5 Å². The zero-order valence-electron chi connectivity index (χ0n) is 14.4. The molecule has 1 heterocycles. The first kappa shape index (κ1) is 18.0. The number of nitrogens with zero attached hydrogens (tertiary/aromatic N) is 1. The summed E-state index contributed by atoms with van der Waals surface area (Å²) in [6.45, 7) is 3.05. The summed E-state index contributed by atoms with van der Waals surface area (Å²) < 4.78 is 5.47. The standard InChI is InChI=1S/C20H19ClN2O3/c1-2-26-16-10-6-9-15(11-16)12-22-18-17(21)19(24)23(20(18)25)13-14-7-4-3-5-8-14/h3-11,22H,2,12-13H2,1H3. The van der Waals surface area contributed by atoms with Gasteiger partial charge in [0.2, 0.25) is 0 Å². The highest BCUT2D eigenvalue weighted by Crippen LogP contribution is 2.24. The van der Waals surface area contributed by atoms with Crippen molar-refractivity contribution in [1.29, 1.82) is 0 Å². The van der Waals surface area contributed by atoms with E-state index in [-0.39, 0.29) is 17.3 Å². The number of carbonyl (C=O) groups is 2. The van der Waals surface area contributed by atoms with Crippen molar-refractivity contribution in [3.05, 3.63) is 76.5 Å². The number of nitrogens with one attached hydrogen (secondary N) is 1. The molecule has 0 fully saturated rings. The molecule has 2 aromatic carbocycles.